The number of halogens is 4. The van der Waals surface area contributed by atoms with Crippen LogP contribution in [0.15, 0.2) is 57.4 Å². The van der Waals surface area contributed by atoms with Crippen molar-refractivity contribution in [3.05, 3.63) is 70.0 Å². The van der Waals surface area contributed by atoms with Crippen LogP contribution in [0.5, 0.6) is 0 Å². The van der Waals surface area contributed by atoms with Crippen molar-refractivity contribution in [1.82, 2.24) is 15.1 Å². The van der Waals surface area contributed by atoms with Gasteiger partial charge < -0.3 is 9.32 Å². The van der Waals surface area contributed by atoms with Crippen molar-refractivity contribution in [2.45, 2.75) is 38.0 Å². The van der Waals surface area contributed by atoms with E-state index in [1.54, 1.807) is 4.90 Å². The van der Waals surface area contributed by atoms with E-state index in [-0.39, 0.29) is 30.8 Å². The first-order chi connectivity index (χ1) is 14.3. The highest BCUT2D eigenvalue weighted by atomic mass is 79.9. The van der Waals surface area contributed by atoms with Crippen LogP contribution in [0.3, 0.4) is 0 Å². The predicted molar refractivity (Wildman–Crippen MR) is 106 cm³/mol. The fraction of sp³-hybridized carbons (Fsp3) is 0.286. The normalized spacial score (nSPS) is 14.0. The Morgan fingerprint density at radius 3 is 2.60 bits per heavy atom. The molecule has 5 nitrogen and oxygen atoms in total. The van der Waals surface area contributed by atoms with Crippen LogP contribution in [0, 0.1) is 0 Å². The monoisotopic (exact) mass is 479 g/mol. The zero-order chi connectivity index (χ0) is 21.3. The highest BCUT2D eigenvalue weighted by Crippen LogP contribution is 2.32. The van der Waals surface area contributed by atoms with Gasteiger partial charge in [0, 0.05) is 10.5 Å². The molecule has 1 saturated carbocycles. The summed E-state index contributed by atoms with van der Waals surface area (Å²) < 4.78 is 45.3. The molecular weight excluding hydrogens is 463 g/mol. The largest absolute Gasteiger partial charge is 0.419 e. The third kappa shape index (κ3) is 4.72. The van der Waals surface area contributed by atoms with Gasteiger partial charge in [0.05, 0.1) is 24.1 Å². The molecule has 0 bridgehead atoms. The number of carbonyl (C=O) groups excluding carboxylic acids is 1. The smallest absolute Gasteiger partial charge is 0.416 e. The second-order valence-electron chi connectivity index (χ2n) is 7.11. The number of benzene rings is 2. The Balaban J connectivity index is 1.49. The molecule has 2 aromatic carbocycles. The van der Waals surface area contributed by atoms with Gasteiger partial charge in [0.1, 0.15) is 0 Å². The Morgan fingerprint density at radius 2 is 1.90 bits per heavy atom. The third-order valence-electron chi connectivity index (χ3n) is 4.79. The van der Waals surface area contributed by atoms with Crippen LogP contribution in [-0.2, 0) is 23.9 Å². The molecule has 1 heterocycles. The van der Waals surface area contributed by atoms with E-state index in [1.807, 2.05) is 24.3 Å². The minimum atomic E-state index is -4.44. The molecule has 0 aliphatic heterocycles. The lowest BCUT2D eigenvalue weighted by atomic mass is 10.1. The summed E-state index contributed by atoms with van der Waals surface area (Å²) in [5.41, 5.74) is 0.296. The first-order valence-corrected chi connectivity index (χ1v) is 10.1. The van der Waals surface area contributed by atoms with Crippen LogP contribution in [-0.4, -0.2) is 27.0 Å². The van der Waals surface area contributed by atoms with Gasteiger partial charge in [0.25, 0.3) is 0 Å². The zero-order valence-corrected chi connectivity index (χ0v) is 17.3. The maximum atomic E-state index is 12.9. The number of amides is 1. The van der Waals surface area contributed by atoms with Crippen LogP contribution < -0.4 is 0 Å². The second kappa shape index (κ2) is 8.22. The van der Waals surface area contributed by atoms with E-state index in [4.69, 9.17) is 4.42 Å². The van der Waals surface area contributed by atoms with Crippen LogP contribution in [0.1, 0.15) is 29.9 Å². The lowest BCUT2D eigenvalue weighted by Crippen LogP contribution is -2.34. The van der Waals surface area contributed by atoms with Crippen LogP contribution in [0.4, 0.5) is 13.2 Å². The topological polar surface area (TPSA) is 59.2 Å². The molecule has 1 aliphatic rings. The van der Waals surface area contributed by atoms with Gasteiger partial charge in [0.2, 0.25) is 17.7 Å². The quantitative estimate of drug-likeness (QED) is 0.484. The Bertz CT molecular complexity index is 1060. The van der Waals surface area contributed by atoms with Crippen molar-refractivity contribution in [2.75, 3.05) is 0 Å². The van der Waals surface area contributed by atoms with Gasteiger partial charge in [-0.3, -0.25) is 4.79 Å². The molecule has 0 radical (unpaired) electrons. The Hall–Kier alpha value is -2.68. The molecule has 0 atom stereocenters. The summed E-state index contributed by atoms with van der Waals surface area (Å²) in [6.45, 7) is 0.125. The highest BCUT2D eigenvalue weighted by molar-refractivity contribution is 9.10. The van der Waals surface area contributed by atoms with Crippen molar-refractivity contribution in [2.24, 2.45) is 0 Å². The molecule has 0 saturated heterocycles. The summed E-state index contributed by atoms with van der Waals surface area (Å²) >= 11 is 3.43. The van der Waals surface area contributed by atoms with Crippen molar-refractivity contribution < 1.29 is 22.4 Å². The van der Waals surface area contributed by atoms with E-state index >= 15 is 0 Å². The Labute approximate surface area is 179 Å². The Kier molecular flexibility index (Phi) is 5.64. The molecule has 0 spiro atoms. The summed E-state index contributed by atoms with van der Waals surface area (Å²) in [6.07, 6.45) is -2.87. The van der Waals surface area contributed by atoms with E-state index in [0.29, 0.717) is 11.5 Å². The summed E-state index contributed by atoms with van der Waals surface area (Å²) in [4.78, 5) is 14.4. The first kappa shape index (κ1) is 20.6. The summed E-state index contributed by atoms with van der Waals surface area (Å²) in [5, 5.41) is 8.09. The highest BCUT2D eigenvalue weighted by Gasteiger charge is 2.34. The molecule has 3 aromatic rings. The maximum absolute atomic E-state index is 12.9. The summed E-state index contributed by atoms with van der Waals surface area (Å²) in [6, 6.07) is 12.3. The number of nitrogens with zero attached hydrogens (tertiary/aromatic N) is 3. The molecule has 1 fully saturated rings. The van der Waals surface area contributed by atoms with Crippen molar-refractivity contribution in [1.29, 1.82) is 0 Å². The standard InChI is InChI=1S/C21H17BrF3N3O2/c22-17-7-2-1-6-16(17)20-27-26-18(30-20)12-28(15-8-9-15)19(29)11-13-4-3-5-14(10-13)21(23,24)25/h1-7,10,15H,8-9,11-12H2. The van der Waals surface area contributed by atoms with Gasteiger partial charge in [-0.2, -0.15) is 13.2 Å². The van der Waals surface area contributed by atoms with E-state index in [9.17, 15) is 18.0 Å². The number of hydrogen-bond donors (Lipinski definition) is 0. The van der Waals surface area contributed by atoms with E-state index in [2.05, 4.69) is 26.1 Å². The molecule has 9 heteroatoms. The van der Waals surface area contributed by atoms with Gasteiger partial charge in [-0.05, 0) is 52.5 Å². The number of alkyl halides is 3. The average molecular weight is 480 g/mol. The molecule has 0 unspecified atom stereocenters. The maximum Gasteiger partial charge on any atom is 0.416 e. The molecule has 1 aliphatic carbocycles. The molecular formula is C21H17BrF3N3O2. The lowest BCUT2D eigenvalue weighted by molar-refractivity contribution is -0.138. The summed E-state index contributed by atoms with van der Waals surface area (Å²) in [7, 11) is 0. The van der Waals surface area contributed by atoms with Gasteiger partial charge in [-0.25, -0.2) is 0 Å². The predicted octanol–water partition coefficient (Wildman–Crippen LogP) is 5.25. The molecule has 0 N–H and O–H groups in total. The molecule has 1 aromatic heterocycles. The van der Waals surface area contributed by atoms with Gasteiger partial charge >= 0.3 is 6.18 Å². The SMILES string of the molecule is O=C(Cc1cccc(C(F)(F)F)c1)N(Cc1nnc(-c2ccccc2Br)o1)C1CC1. The molecule has 156 valence electrons. The average Bonchev–Trinajstić information content (AvgIpc) is 3.44. The summed E-state index contributed by atoms with van der Waals surface area (Å²) in [5.74, 6) is 0.348. The van der Waals surface area contributed by atoms with Gasteiger partial charge in [0.15, 0.2) is 0 Å². The fourth-order valence-electron chi connectivity index (χ4n) is 3.15. The lowest BCUT2D eigenvalue weighted by Gasteiger charge is -2.21. The first-order valence-electron chi connectivity index (χ1n) is 9.34. The number of rotatable bonds is 6. The van der Waals surface area contributed by atoms with E-state index < -0.39 is 11.7 Å². The molecule has 30 heavy (non-hydrogen) atoms. The van der Waals surface area contributed by atoms with Crippen LogP contribution in [0.2, 0.25) is 0 Å². The van der Waals surface area contributed by atoms with Gasteiger partial charge in [-0.15, -0.1) is 10.2 Å². The van der Waals surface area contributed by atoms with Gasteiger partial charge in [-0.1, -0.05) is 30.3 Å². The minimum absolute atomic E-state index is 0.0436. The number of aromatic nitrogens is 2. The van der Waals surface area contributed by atoms with Crippen LogP contribution in [0.25, 0.3) is 11.5 Å². The Morgan fingerprint density at radius 1 is 1.13 bits per heavy atom. The van der Waals surface area contributed by atoms with E-state index in [0.717, 1.165) is 35.0 Å². The second-order valence-corrected chi connectivity index (χ2v) is 7.96. The third-order valence-corrected chi connectivity index (χ3v) is 5.49. The zero-order valence-electron chi connectivity index (χ0n) is 15.7. The fourth-order valence-corrected chi connectivity index (χ4v) is 3.60. The van der Waals surface area contributed by atoms with Crippen LogP contribution >= 0.6 is 15.9 Å². The van der Waals surface area contributed by atoms with Crippen molar-refractivity contribution in [3.8, 4) is 11.5 Å². The molecule has 1 amide bonds. The van der Waals surface area contributed by atoms with E-state index in [1.165, 1.54) is 12.1 Å². The number of carbonyl (C=O) groups is 1. The van der Waals surface area contributed by atoms with Crippen molar-refractivity contribution in [3.63, 3.8) is 0 Å². The number of hydrogen-bond acceptors (Lipinski definition) is 4. The minimum Gasteiger partial charge on any atom is -0.419 e. The molecule has 4 rings (SSSR count). The van der Waals surface area contributed by atoms with Crippen molar-refractivity contribution >= 4 is 21.8 Å².